The minimum absolute atomic E-state index is 0.505. The number of hydrogen-bond donors (Lipinski definition) is 1. The molecule has 1 rings (SSSR count). The van der Waals surface area contributed by atoms with Crippen LogP contribution in [0.3, 0.4) is 0 Å². The van der Waals surface area contributed by atoms with Crippen molar-refractivity contribution in [2.75, 3.05) is 37.4 Å². The van der Waals surface area contributed by atoms with E-state index in [2.05, 4.69) is 19.2 Å². The van der Waals surface area contributed by atoms with Crippen molar-refractivity contribution < 1.29 is 8.42 Å². The normalized spacial score (nSPS) is 22.9. The molecule has 4 nitrogen and oxygen atoms in total. The Balaban J connectivity index is 2.49. The molecule has 1 N–H and O–H groups in total. The highest BCUT2D eigenvalue weighted by atomic mass is 32.2. The van der Waals surface area contributed by atoms with E-state index in [4.69, 9.17) is 0 Å². The zero-order valence-electron chi connectivity index (χ0n) is 13.1. The van der Waals surface area contributed by atoms with Gasteiger partial charge in [0.1, 0.15) is 0 Å². The lowest BCUT2D eigenvalue weighted by Gasteiger charge is -2.33. The van der Waals surface area contributed by atoms with Gasteiger partial charge in [0.05, 0.1) is 6.26 Å². The molecule has 2 atom stereocenters. The summed E-state index contributed by atoms with van der Waals surface area (Å²) in [5.41, 5.74) is 0. The van der Waals surface area contributed by atoms with Gasteiger partial charge in [0.25, 0.3) is 0 Å². The molecule has 0 aromatic heterocycles. The summed E-state index contributed by atoms with van der Waals surface area (Å²) in [5.74, 6) is 2.78. The monoisotopic (exact) mass is 322 g/mol. The van der Waals surface area contributed by atoms with Crippen LogP contribution in [0.4, 0.5) is 0 Å². The summed E-state index contributed by atoms with van der Waals surface area (Å²) in [5, 5.41) is 3.62. The molecule has 6 heteroatoms. The molecule has 0 saturated carbocycles. The molecular weight excluding hydrogens is 292 g/mol. The smallest absolute Gasteiger partial charge is 0.211 e. The molecule has 0 aliphatic carbocycles. The van der Waals surface area contributed by atoms with Gasteiger partial charge in [0.2, 0.25) is 10.0 Å². The lowest BCUT2D eigenvalue weighted by Crippen LogP contribution is -2.42. The van der Waals surface area contributed by atoms with Crippen LogP contribution in [0.25, 0.3) is 0 Å². The summed E-state index contributed by atoms with van der Waals surface area (Å²) in [6.07, 6.45) is 5.73. The predicted molar refractivity (Wildman–Crippen MR) is 88.8 cm³/mol. The second-order valence-corrected chi connectivity index (χ2v) is 8.98. The van der Waals surface area contributed by atoms with Crippen molar-refractivity contribution in [2.24, 2.45) is 5.92 Å². The Morgan fingerprint density at radius 3 is 2.75 bits per heavy atom. The summed E-state index contributed by atoms with van der Waals surface area (Å²) < 4.78 is 25.0. The summed E-state index contributed by atoms with van der Waals surface area (Å²) in [4.78, 5) is 0. The van der Waals surface area contributed by atoms with Crippen LogP contribution in [0.5, 0.6) is 0 Å². The van der Waals surface area contributed by atoms with Gasteiger partial charge < -0.3 is 5.32 Å². The second kappa shape index (κ2) is 9.28. The van der Waals surface area contributed by atoms with Crippen molar-refractivity contribution in [3.05, 3.63) is 0 Å². The average Bonchev–Trinajstić information content (AvgIpc) is 2.41. The molecule has 0 bridgehead atoms. The molecule has 1 aliphatic heterocycles. The largest absolute Gasteiger partial charge is 0.313 e. The van der Waals surface area contributed by atoms with Crippen LogP contribution in [-0.4, -0.2) is 56.2 Å². The van der Waals surface area contributed by atoms with Crippen LogP contribution in [0.1, 0.15) is 39.5 Å². The molecule has 0 aromatic rings. The number of sulfonamides is 1. The standard InChI is InChI=1S/C14H30N2O2S2/c1-4-8-15-14(12-19-5-2)10-13-7-6-9-16(11-13)20(3,17)18/h13-15H,4-12H2,1-3H3. The van der Waals surface area contributed by atoms with E-state index in [1.807, 2.05) is 11.8 Å². The second-order valence-electron chi connectivity index (χ2n) is 5.68. The van der Waals surface area contributed by atoms with E-state index in [0.29, 0.717) is 25.0 Å². The third kappa shape index (κ3) is 6.78. The lowest BCUT2D eigenvalue weighted by molar-refractivity contribution is 0.242. The average molecular weight is 323 g/mol. The fourth-order valence-electron chi connectivity index (χ4n) is 2.74. The summed E-state index contributed by atoms with van der Waals surface area (Å²) >= 11 is 1.97. The van der Waals surface area contributed by atoms with Crippen LogP contribution >= 0.6 is 11.8 Å². The number of nitrogens with zero attached hydrogens (tertiary/aromatic N) is 1. The van der Waals surface area contributed by atoms with Gasteiger partial charge in [-0.2, -0.15) is 11.8 Å². The van der Waals surface area contributed by atoms with Gasteiger partial charge >= 0.3 is 0 Å². The van der Waals surface area contributed by atoms with Gasteiger partial charge in [0, 0.05) is 24.9 Å². The van der Waals surface area contributed by atoms with Crippen molar-refractivity contribution in [1.82, 2.24) is 9.62 Å². The van der Waals surface area contributed by atoms with E-state index in [9.17, 15) is 8.42 Å². The Bertz CT molecular complexity index is 352. The van der Waals surface area contributed by atoms with Crippen molar-refractivity contribution in [3.63, 3.8) is 0 Å². The van der Waals surface area contributed by atoms with Crippen molar-refractivity contribution in [3.8, 4) is 0 Å². The molecule has 0 aromatic carbocycles. The molecule has 120 valence electrons. The van der Waals surface area contributed by atoms with Crippen molar-refractivity contribution >= 4 is 21.8 Å². The molecule has 1 heterocycles. The van der Waals surface area contributed by atoms with Crippen LogP contribution in [0.15, 0.2) is 0 Å². The predicted octanol–water partition coefficient (Wildman–Crippen LogP) is 2.17. The van der Waals surface area contributed by atoms with Crippen LogP contribution in [0.2, 0.25) is 0 Å². The van der Waals surface area contributed by atoms with E-state index in [1.54, 1.807) is 4.31 Å². The molecule has 0 spiro atoms. The number of piperidine rings is 1. The number of rotatable bonds is 9. The molecule has 1 aliphatic rings. The number of thioether (sulfide) groups is 1. The third-order valence-corrected chi connectivity index (χ3v) is 6.09. The minimum Gasteiger partial charge on any atom is -0.313 e. The van der Waals surface area contributed by atoms with Crippen molar-refractivity contribution in [1.29, 1.82) is 0 Å². The minimum atomic E-state index is -3.02. The number of nitrogens with one attached hydrogen (secondary N) is 1. The zero-order valence-corrected chi connectivity index (χ0v) is 14.7. The lowest BCUT2D eigenvalue weighted by atomic mass is 9.93. The van der Waals surface area contributed by atoms with E-state index in [0.717, 1.165) is 43.7 Å². The van der Waals surface area contributed by atoms with E-state index < -0.39 is 10.0 Å². The van der Waals surface area contributed by atoms with Gasteiger partial charge in [-0.3, -0.25) is 0 Å². The Hall–Kier alpha value is 0.220. The molecule has 2 unspecified atom stereocenters. The maximum Gasteiger partial charge on any atom is 0.211 e. The first-order chi connectivity index (χ1) is 9.47. The summed E-state index contributed by atoms with van der Waals surface area (Å²) in [6.45, 7) is 6.83. The molecule has 0 amide bonds. The zero-order chi connectivity index (χ0) is 15.0. The van der Waals surface area contributed by atoms with E-state index in [-0.39, 0.29) is 0 Å². The topological polar surface area (TPSA) is 49.4 Å². The van der Waals surface area contributed by atoms with Crippen LogP contribution in [0, 0.1) is 5.92 Å². The maximum atomic E-state index is 11.7. The van der Waals surface area contributed by atoms with Gasteiger partial charge in [-0.05, 0) is 43.9 Å². The maximum absolute atomic E-state index is 11.7. The summed E-state index contributed by atoms with van der Waals surface area (Å²) in [7, 11) is -3.02. The quantitative estimate of drug-likeness (QED) is 0.707. The first-order valence-corrected chi connectivity index (χ1v) is 10.7. The Morgan fingerprint density at radius 1 is 1.40 bits per heavy atom. The summed E-state index contributed by atoms with van der Waals surface area (Å²) in [6, 6.07) is 0.518. The Kier molecular flexibility index (Phi) is 8.48. The molecule has 1 saturated heterocycles. The van der Waals surface area contributed by atoms with Gasteiger partial charge in [-0.1, -0.05) is 13.8 Å². The highest BCUT2D eigenvalue weighted by Crippen LogP contribution is 2.23. The van der Waals surface area contributed by atoms with Crippen LogP contribution in [-0.2, 0) is 10.0 Å². The molecule has 20 heavy (non-hydrogen) atoms. The fraction of sp³-hybridized carbons (Fsp3) is 1.00. The Morgan fingerprint density at radius 2 is 2.15 bits per heavy atom. The first kappa shape index (κ1) is 18.3. The molecule has 1 fully saturated rings. The van der Waals surface area contributed by atoms with Gasteiger partial charge in [0.15, 0.2) is 0 Å². The van der Waals surface area contributed by atoms with Crippen LogP contribution < -0.4 is 5.32 Å². The van der Waals surface area contributed by atoms with Gasteiger partial charge in [-0.25, -0.2) is 12.7 Å². The van der Waals surface area contributed by atoms with E-state index >= 15 is 0 Å². The van der Waals surface area contributed by atoms with Gasteiger partial charge in [-0.15, -0.1) is 0 Å². The first-order valence-electron chi connectivity index (χ1n) is 7.73. The van der Waals surface area contributed by atoms with E-state index in [1.165, 1.54) is 6.26 Å². The Labute approximate surface area is 129 Å². The fourth-order valence-corrected chi connectivity index (χ4v) is 4.46. The molecule has 0 radical (unpaired) electrons. The highest BCUT2D eigenvalue weighted by molar-refractivity contribution is 7.99. The molecular formula is C14H30N2O2S2. The number of hydrogen-bond acceptors (Lipinski definition) is 4. The SMILES string of the molecule is CCCNC(CSCC)CC1CCCN(S(C)(=O)=O)C1. The third-order valence-electron chi connectivity index (χ3n) is 3.77. The highest BCUT2D eigenvalue weighted by Gasteiger charge is 2.27. The van der Waals surface area contributed by atoms with Crippen molar-refractivity contribution in [2.45, 2.75) is 45.6 Å².